The fourth-order valence-electron chi connectivity index (χ4n) is 5.59. The second-order valence-electron chi connectivity index (χ2n) is 11.4. The van der Waals surface area contributed by atoms with Gasteiger partial charge < -0.3 is 10.1 Å². The lowest BCUT2D eigenvalue weighted by Gasteiger charge is -2.23. The van der Waals surface area contributed by atoms with E-state index in [9.17, 15) is 9.18 Å². The number of rotatable bonds is 10. The second-order valence-corrected chi connectivity index (χ2v) is 11.4. The SMILES string of the molecule is CC(C)c1ccccc1-c1cccc(-c2ccccc2C(C)C)c1OC(=O)CC(Nc1ccccc1F)c1ccccc1. The monoisotopic (exact) mass is 571 g/mol. The van der Waals surface area contributed by atoms with Gasteiger partial charge in [-0.05, 0) is 51.8 Å². The van der Waals surface area contributed by atoms with Crippen LogP contribution in [0.5, 0.6) is 5.75 Å². The molecule has 5 rings (SSSR count). The zero-order valence-corrected chi connectivity index (χ0v) is 25.2. The van der Waals surface area contributed by atoms with Crippen LogP contribution in [0.4, 0.5) is 10.1 Å². The summed E-state index contributed by atoms with van der Waals surface area (Å²) in [7, 11) is 0. The van der Waals surface area contributed by atoms with E-state index in [0.717, 1.165) is 27.8 Å². The Morgan fingerprint density at radius 3 is 1.67 bits per heavy atom. The van der Waals surface area contributed by atoms with E-state index in [1.807, 2.05) is 72.8 Å². The van der Waals surface area contributed by atoms with E-state index in [-0.39, 0.29) is 24.1 Å². The van der Waals surface area contributed by atoms with Crippen LogP contribution < -0.4 is 10.1 Å². The van der Waals surface area contributed by atoms with Crippen LogP contribution in [-0.2, 0) is 4.79 Å². The Bertz CT molecular complexity index is 1620. The van der Waals surface area contributed by atoms with Crippen LogP contribution in [0.3, 0.4) is 0 Å². The summed E-state index contributed by atoms with van der Waals surface area (Å²) >= 11 is 0. The fraction of sp³-hybridized carbons (Fsp3) is 0.205. The summed E-state index contributed by atoms with van der Waals surface area (Å²) in [5, 5.41) is 3.25. The van der Waals surface area contributed by atoms with E-state index in [4.69, 9.17) is 4.74 Å². The van der Waals surface area contributed by atoms with E-state index < -0.39 is 12.0 Å². The third kappa shape index (κ3) is 6.86. The van der Waals surface area contributed by atoms with Crippen molar-refractivity contribution in [2.75, 3.05) is 5.32 Å². The van der Waals surface area contributed by atoms with Gasteiger partial charge in [0.25, 0.3) is 0 Å². The van der Waals surface area contributed by atoms with Crippen LogP contribution >= 0.6 is 0 Å². The average molecular weight is 572 g/mol. The highest BCUT2D eigenvalue weighted by Gasteiger charge is 2.24. The van der Waals surface area contributed by atoms with Crippen molar-refractivity contribution in [2.45, 2.75) is 52.0 Å². The molecule has 0 saturated heterocycles. The molecule has 3 nitrogen and oxygen atoms in total. The molecule has 0 bridgehead atoms. The number of halogens is 1. The minimum absolute atomic E-state index is 0.00375. The number of ether oxygens (including phenoxy) is 1. The summed E-state index contributed by atoms with van der Waals surface area (Å²) in [6, 6.07) is 38.3. The first kappa shape index (κ1) is 29.8. The van der Waals surface area contributed by atoms with Gasteiger partial charge in [0.05, 0.1) is 18.2 Å². The molecule has 4 heteroatoms. The van der Waals surface area contributed by atoms with Crippen LogP contribution in [-0.4, -0.2) is 5.97 Å². The summed E-state index contributed by atoms with van der Waals surface area (Å²) in [5.74, 6) is 0.305. The van der Waals surface area contributed by atoms with Crippen molar-refractivity contribution in [3.05, 3.63) is 144 Å². The number of hydrogen-bond acceptors (Lipinski definition) is 3. The normalized spacial score (nSPS) is 11.9. The molecule has 0 aliphatic heterocycles. The maximum Gasteiger partial charge on any atom is 0.313 e. The zero-order valence-electron chi connectivity index (χ0n) is 25.2. The Balaban J connectivity index is 1.59. The molecule has 0 spiro atoms. The van der Waals surface area contributed by atoms with Gasteiger partial charge in [-0.25, -0.2) is 4.39 Å². The summed E-state index contributed by atoms with van der Waals surface area (Å²) in [5.41, 5.74) is 7.36. The lowest BCUT2D eigenvalue weighted by molar-refractivity contribution is -0.134. The topological polar surface area (TPSA) is 38.3 Å². The molecule has 218 valence electrons. The smallest absolute Gasteiger partial charge is 0.313 e. The van der Waals surface area contributed by atoms with Gasteiger partial charge in [0.15, 0.2) is 0 Å². The van der Waals surface area contributed by atoms with Crippen molar-refractivity contribution in [1.82, 2.24) is 0 Å². The Labute approximate surface area is 254 Å². The first-order valence-electron chi connectivity index (χ1n) is 14.9. The molecule has 1 N–H and O–H groups in total. The van der Waals surface area contributed by atoms with Crippen molar-refractivity contribution < 1.29 is 13.9 Å². The zero-order chi connectivity index (χ0) is 30.3. The van der Waals surface area contributed by atoms with Gasteiger partial charge in [-0.15, -0.1) is 0 Å². The van der Waals surface area contributed by atoms with Gasteiger partial charge in [0, 0.05) is 11.1 Å². The van der Waals surface area contributed by atoms with Gasteiger partial charge in [0.1, 0.15) is 11.6 Å². The molecule has 5 aromatic rings. The van der Waals surface area contributed by atoms with Crippen molar-refractivity contribution in [3.8, 4) is 28.0 Å². The van der Waals surface area contributed by atoms with Crippen LogP contribution in [0, 0.1) is 5.82 Å². The van der Waals surface area contributed by atoms with Gasteiger partial charge in [-0.2, -0.15) is 0 Å². The molecule has 0 aliphatic carbocycles. The summed E-state index contributed by atoms with van der Waals surface area (Å²) in [6.07, 6.45) is 0.00375. The minimum Gasteiger partial charge on any atom is -0.425 e. The second kappa shape index (κ2) is 13.5. The van der Waals surface area contributed by atoms with Crippen LogP contribution in [0.15, 0.2) is 121 Å². The highest BCUT2D eigenvalue weighted by Crippen LogP contribution is 2.44. The summed E-state index contributed by atoms with van der Waals surface area (Å²) in [6.45, 7) is 8.67. The van der Waals surface area contributed by atoms with Crippen molar-refractivity contribution >= 4 is 11.7 Å². The largest absolute Gasteiger partial charge is 0.425 e. The predicted octanol–water partition coefficient (Wildman–Crippen LogP) is 10.6. The number of nitrogens with one attached hydrogen (secondary N) is 1. The first-order chi connectivity index (χ1) is 20.8. The Morgan fingerprint density at radius 1 is 0.628 bits per heavy atom. The number of carbonyl (C=O) groups excluding carboxylic acids is 1. The average Bonchev–Trinajstić information content (AvgIpc) is 3.02. The Morgan fingerprint density at radius 2 is 1.12 bits per heavy atom. The minimum atomic E-state index is -0.493. The molecule has 0 radical (unpaired) electrons. The van der Waals surface area contributed by atoms with Gasteiger partial charge in [-0.3, -0.25) is 4.79 Å². The first-order valence-corrected chi connectivity index (χ1v) is 14.9. The van der Waals surface area contributed by atoms with E-state index >= 15 is 0 Å². The van der Waals surface area contributed by atoms with E-state index in [0.29, 0.717) is 11.4 Å². The Hall–Kier alpha value is -4.70. The molecule has 1 unspecified atom stereocenters. The lowest BCUT2D eigenvalue weighted by atomic mass is 9.87. The standard InChI is InChI=1S/C39H38FNO2/c1-26(2)29-17-8-10-19-31(29)33-21-14-22-34(32-20-11-9-18-30(32)27(3)4)39(33)43-38(42)25-37(28-15-6-5-7-16-28)41-36-24-13-12-23-35(36)40/h5-24,26-27,37,41H,25H2,1-4H3. The van der Waals surface area contributed by atoms with E-state index in [1.165, 1.54) is 17.2 Å². The molecule has 43 heavy (non-hydrogen) atoms. The van der Waals surface area contributed by atoms with Crippen molar-refractivity contribution in [1.29, 1.82) is 0 Å². The number of anilines is 1. The summed E-state index contributed by atoms with van der Waals surface area (Å²) < 4.78 is 21.1. The molecular formula is C39H38FNO2. The predicted molar refractivity (Wildman–Crippen MR) is 175 cm³/mol. The molecule has 0 saturated carbocycles. The van der Waals surface area contributed by atoms with Gasteiger partial charge in [-0.1, -0.05) is 137 Å². The molecule has 0 aliphatic rings. The molecule has 5 aromatic carbocycles. The molecule has 0 aromatic heterocycles. The quantitative estimate of drug-likeness (QED) is 0.134. The van der Waals surface area contributed by atoms with E-state index in [1.54, 1.807) is 18.2 Å². The van der Waals surface area contributed by atoms with Crippen molar-refractivity contribution in [3.63, 3.8) is 0 Å². The van der Waals surface area contributed by atoms with E-state index in [2.05, 4.69) is 57.3 Å². The molecular weight excluding hydrogens is 533 g/mol. The molecule has 0 fully saturated rings. The number of esters is 1. The number of para-hydroxylation sites is 2. The highest BCUT2D eigenvalue weighted by atomic mass is 19.1. The van der Waals surface area contributed by atoms with Crippen LogP contribution in [0.25, 0.3) is 22.3 Å². The molecule has 0 heterocycles. The van der Waals surface area contributed by atoms with Crippen LogP contribution in [0.2, 0.25) is 0 Å². The van der Waals surface area contributed by atoms with Crippen LogP contribution in [0.1, 0.15) is 68.7 Å². The maximum absolute atomic E-state index is 14.7. The number of carbonyl (C=O) groups is 1. The van der Waals surface area contributed by atoms with Gasteiger partial charge >= 0.3 is 5.97 Å². The lowest BCUT2D eigenvalue weighted by Crippen LogP contribution is -2.20. The number of hydrogen-bond donors (Lipinski definition) is 1. The third-order valence-corrected chi connectivity index (χ3v) is 7.75. The maximum atomic E-state index is 14.7. The molecule has 1 atom stereocenters. The number of benzene rings is 5. The molecule has 0 amide bonds. The fourth-order valence-corrected chi connectivity index (χ4v) is 5.59. The summed E-state index contributed by atoms with van der Waals surface area (Å²) in [4.78, 5) is 13.9. The highest BCUT2D eigenvalue weighted by molar-refractivity contribution is 5.88. The third-order valence-electron chi connectivity index (χ3n) is 7.75. The Kier molecular flexibility index (Phi) is 9.36. The van der Waals surface area contributed by atoms with Gasteiger partial charge in [0.2, 0.25) is 0 Å². The van der Waals surface area contributed by atoms with Crippen molar-refractivity contribution in [2.24, 2.45) is 0 Å².